The van der Waals surface area contributed by atoms with Gasteiger partial charge in [-0.05, 0) is 38.4 Å². The van der Waals surface area contributed by atoms with Crippen LogP contribution in [0.1, 0.15) is 24.6 Å². The van der Waals surface area contributed by atoms with Crippen molar-refractivity contribution in [1.29, 1.82) is 0 Å². The summed E-state index contributed by atoms with van der Waals surface area (Å²) in [6, 6.07) is 0. The van der Waals surface area contributed by atoms with E-state index < -0.39 is 0 Å². The second-order valence-corrected chi connectivity index (χ2v) is 4.06. The number of nitrogens with zero attached hydrogens (tertiary/aromatic N) is 2. The van der Waals surface area contributed by atoms with Gasteiger partial charge in [-0.3, -0.25) is 0 Å². The summed E-state index contributed by atoms with van der Waals surface area (Å²) >= 11 is 0. The minimum absolute atomic E-state index is 0.573. The monoisotopic (exact) mass is 210 g/mol. The molecule has 0 aliphatic carbocycles. The normalized spacial score (nSPS) is 21.8. The highest BCUT2D eigenvalue weighted by molar-refractivity contribution is 4.89. The predicted molar refractivity (Wildman–Crippen MR) is 56.4 cm³/mol. The Hall–Kier alpha value is -0.940. The minimum atomic E-state index is 0.573. The van der Waals surface area contributed by atoms with Crippen LogP contribution in [0.3, 0.4) is 0 Å². The van der Waals surface area contributed by atoms with Gasteiger partial charge in [-0.2, -0.15) is 4.98 Å². The highest BCUT2D eigenvalue weighted by Crippen LogP contribution is 2.15. The molecule has 1 atom stereocenters. The third-order valence-corrected chi connectivity index (χ3v) is 2.74. The Kier molecular flexibility index (Phi) is 3.69. The molecule has 15 heavy (non-hydrogen) atoms. The van der Waals surface area contributed by atoms with E-state index in [9.17, 15) is 0 Å². The van der Waals surface area contributed by atoms with Crippen LogP contribution < -0.4 is 11.1 Å². The van der Waals surface area contributed by atoms with Gasteiger partial charge in [0.2, 0.25) is 5.89 Å². The number of aromatic nitrogens is 2. The van der Waals surface area contributed by atoms with Gasteiger partial charge in [0, 0.05) is 12.8 Å². The van der Waals surface area contributed by atoms with E-state index >= 15 is 0 Å². The van der Waals surface area contributed by atoms with Gasteiger partial charge in [0.05, 0.1) is 0 Å². The smallest absolute Gasteiger partial charge is 0.226 e. The number of rotatable bonds is 4. The first-order valence-electron chi connectivity index (χ1n) is 5.60. The van der Waals surface area contributed by atoms with Crippen molar-refractivity contribution >= 4 is 0 Å². The number of nitrogens with one attached hydrogen (secondary N) is 1. The number of hydrogen-bond acceptors (Lipinski definition) is 5. The molecule has 1 aromatic rings. The summed E-state index contributed by atoms with van der Waals surface area (Å²) in [5.41, 5.74) is 5.42. The van der Waals surface area contributed by atoms with E-state index in [1.165, 1.54) is 12.8 Å². The molecule has 1 unspecified atom stereocenters. The highest BCUT2D eigenvalue weighted by Gasteiger charge is 2.16. The summed E-state index contributed by atoms with van der Waals surface area (Å²) in [5.74, 6) is 2.13. The average molecular weight is 210 g/mol. The molecule has 84 valence electrons. The summed E-state index contributed by atoms with van der Waals surface area (Å²) in [6.07, 6.45) is 4.09. The van der Waals surface area contributed by atoms with Crippen molar-refractivity contribution in [3.63, 3.8) is 0 Å². The Balaban J connectivity index is 1.86. The first-order valence-corrected chi connectivity index (χ1v) is 5.60. The summed E-state index contributed by atoms with van der Waals surface area (Å²) in [5, 5.41) is 7.26. The van der Waals surface area contributed by atoms with E-state index in [2.05, 4.69) is 15.5 Å². The third kappa shape index (κ3) is 3.00. The zero-order valence-corrected chi connectivity index (χ0v) is 8.91. The van der Waals surface area contributed by atoms with Crippen molar-refractivity contribution in [3.8, 4) is 0 Å². The van der Waals surface area contributed by atoms with E-state index in [0.29, 0.717) is 18.9 Å². The Morgan fingerprint density at radius 3 is 3.20 bits per heavy atom. The maximum absolute atomic E-state index is 5.42. The number of hydrogen-bond donors (Lipinski definition) is 2. The fraction of sp³-hybridized carbons (Fsp3) is 0.800. The van der Waals surface area contributed by atoms with Crippen LogP contribution in [0.25, 0.3) is 0 Å². The lowest BCUT2D eigenvalue weighted by Gasteiger charge is -2.20. The van der Waals surface area contributed by atoms with Crippen molar-refractivity contribution in [2.45, 2.75) is 25.7 Å². The molecule has 5 heteroatoms. The number of piperidine rings is 1. The van der Waals surface area contributed by atoms with Crippen molar-refractivity contribution in [2.24, 2.45) is 11.7 Å². The molecule has 0 bridgehead atoms. The van der Waals surface area contributed by atoms with Gasteiger partial charge in [0.1, 0.15) is 0 Å². The van der Waals surface area contributed by atoms with E-state index in [1.54, 1.807) is 0 Å². The summed E-state index contributed by atoms with van der Waals surface area (Å²) in [4.78, 5) is 4.31. The molecule has 1 aliphatic rings. The van der Waals surface area contributed by atoms with E-state index in [4.69, 9.17) is 10.3 Å². The zero-order chi connectivity index (χ0) is 10.5. The molecule has 1 aliphatic heterocycles. The van der Waals surface area contributed by atoms with E-state index in [0.717, 1.165) is 31.2 Å². The van der Waals surface area contributed by atoms with E-state index in [-0.39, 0.29) is 0 Å². The molecule has 5 nitrogen and oxygen atoms in total. The number of nitrogens with two attached hydrogens (primary N) is 1. The van der Waals surface area contributed by atoms with Crippen LogP contribution >= 0.6 is 0 Å². The molecule has 0 aromatic carbocycles. The van der Waals surface area contributed by atoms with Crippen molar-refractivity contribution < 1.29 is 4.52 Å². The molecule has 3 N–H and O–H groups in total. The molecule has 2 rings (SSSR count). The highest BCUT2D eigenvalue weighted by atomic mass is 16.5. The molecule has 0 radical (unpaired) electrons. The topological polar surface area (TPSA) is 77.0 Å². The summed E-state index contributed by atoms with van der Waals surface area (Å²) in [6.45, 7) is 2.78. The predicted octanol–water partition coefficient (Wildman–Crippen LogP) is 0.113. The first-order chi connectivity index (χ1) is 7.38. The molecule has 2 heterocycles. The molecule has 0 amide bonds. The van der Waals surface area contributed by atoms with Gasteiger partial charge in [-0.15, -0.1) is 0 Å². The SMILES string of the molecule is NCCc1noc(CC2CCCNC2)n1. The van der Waals surface area contributed by atoms with Crippen molar-refractivity contribution in [2.75, 3.05) is 19.6 Å². The quantitative estimate of drug-likeness (QED) is 0.737. The van der Waals surface area contributed by atoms with Gasteiger partial charge in [0.25, 0.3) is 0 Å². The average Bonchev–Trinajstić information content (AvgIpc) is 2.68. The largest absolute Gasteiger partial charge is 0.339 e. The lowest BCUT2D eigenvalue weighted by atomic mass is 9.96. The van der Waals surface area contributed by atoms with Crippen LogP contribution in [0.2, 0.25) is 0 Å². The Morgan fingerprint density at radius 2 is 2.47 bits per heavy atom. The lowest BCUT2D eigenvalue weighted by Crippen LogP contribution is -2.30. The van der Waals surface area contributed by atoms with Crippen LogP contribution in [-0.4, -0.2) is 29.8 Å². The van der Waals surface area contributed by atoms with Gasteiger partial charge in [0.15, 0.2) is 5.82 Å². The van der Waals surface area contributed by atoms with Crippen LogP contribution in [-0.2, 0) is 12.8 Å². The van der Waals surface area contributed by atoms with Crippen molar-refractivity contribution in [3.05, 3.63) is 11.7 Å². The van der Waals surface area contributed by atoms with Crippen LogP contribution in [0.4, 0.5) is 0 Å². The minimum Gasteiger partial charge on any atom is -0.339 e. The molecular weight excluding hydrogens is 192 g/mol. The van der Waals surface area contributed by atoms with Gasteiger partial charge in [-0.1, -0.05) is 5.16 Å². The van der Waals surface area contributed by atoms with Gasteiger partial charge < -0.3 is 15.6 Å². The van der Waals surface area contributed by atoms with E-state index in [1.807, 2.05) is 0 Å². The molecule has 1 saturated heterocycles. The van der Waals surface area contributed by atoms with Crippen LogP contribution in [0.15, 0.2) is 4.52 Å². The third-order valence-electron chi connectivity index (χ3n) is 2.74. The first kappa shape index (κ1) is 10.6. The maximum atomic E-state index is 5.42. The molecule has 0 spiro atoms. The molecule has 1 aromatic heterocycles. The second kappa shape index (κ2) is 5.23. The van der Waals surface area contributed by atoms with Crippen LogP contribution in [0, 0.1) is 5.92 Å². The summed E-state index contributed by atoms with van der Waals surface area (Å²) in [7, 11) is 0. The Bertz CT molecular complexity index is 293. The fourth-order valence-corrected chi connectivity index (χ4v) is 1.95. The lowest BCUT2D eigenvalue weighted by molar-refractivity contribution is 0.314. The van der Waals surface area contributed by atoms with Gasteiger partial charge in [-0.25, -0.2) is 0 Å². The van der Waals surface area contributed by atoms with Gasteiger partial charge >= 0.3 is 0 Å². The summed E-state index contributed by atoms with van der Waals surface area (Å²) < 4.78 is 5.18. The Morgan fingerprint density at radius 1 is 1.53 bits per heavy atom. The Labute approximate surface area is 89.4 Å². The molecule has 1 fully saturated rings. The fourth-order valence-electron chi connectivity index (χ4n) is 1.95. The molecular formula is C10H18N4O. The van der Waals surface area contributed by atoms with Crippen molar-refractivity contribution in [1.82, 2.24) is 15.5 Å². The maximum Gasteiger partial charge on any atom is 0.226 e. The van der Waals surface area contributed by atoms with Crippen LogP contribution in [0.5, 0.6) is 0 Å². The second-order valence-electron chi connectivity index (χ2n) is 4.06. The molecule has 0 saturated carbocycles. The standard InChI is InChI=1S/C10H18N4O/c11-4-3-9-13-10(15-14-9)6-8-2-1-5-12-7-8/h8,12H,1-7,11H2. The zero-order valence-electron chi connectivity index (χ0n) is 8.91.